The van der Waals surface area contributed by atoms with Crippen LogP contribution in [-0.4, -0.2) is 25.7 Å². The molecule has 2 heterocycles. The molecular formula is C15H13N3O2. The fourth-order valence-electron chi connectivity index (χ4n) is 2.16. The summed E-state index contributed by atoms with van der Waals surface area (Å²) in [6, 6.07) is 9.22. The van der Waals surface area contributed by atoms with Gasteiger partial charge in [-0.25, -0.2) is 4.79 Å². The largest absolute Gasteiger partial charge is 0.478 e. The van der Waals surface area contributed by atoms with Crippen LogP contribution in [0, 0.1) is 13.8 Å². The molecule has 0 aliphatic heterocycles. The van der Waals surface area contributed by atoms with E-state index < -0.39 is 5.97 Å². The van der Waals surface area contributed by atoms with E-state index in [0.29, 0.717) is 11.5 Å². The van der Waals surface area contributed by atoms with Gasteiger partial charge in [0.1, 0.15) is 5.56 Å². The lowest BCUT2D eigenvalue weighted by Crippen LogP contribution is -2.00. The number of carboxylic acid groups (broad SMARTS) is 1. The Labute approximate surface area is 115 Å². The summed E-state index contributed by atoms with van der Waals surface area (Å²) < 4.78 is 1.70. The van der Waals surface area contributed by atoms with Gasteiger partial charge in [-0.3, -0.25) is 4.40 Å². The van der Waals surface area contributed by atoms with Crippen molar-refractivity contribution in [3.05, 3.63) is 53.2 Å². The zero-order chi connectivity index (χ0) is 14.3. The molecule has 0 radical (unpaired) electrons. The predicted octanol–water partition coefficient (Wildman–Crippen LogP) is 2.71. The van der Waals surface area contributed by atoms with Crippen LogP contribution in [0.4, 0.5) is 0 Å². The van der Waals surface area contributed by atoms with Crippen LogP contribution in [-0.2, 0) is 0 Å². The van der Waals surface area contributed by atoms with E-state index in [9.17, 15) is 4.79 Å². The number of pyridine rings is 1. The first-order chi connectivity index (χ1) is 9.58. The van der Waals surface area contributed by atoms with Crippen LogP contribution in [0.2, 0.25) is 0 Å². The highest BCUT2D eigenvalue weighted by atomic mass is 16.4. The molecule has 0 bridgehead atoms. The van der Waals surface area contributed by atoms with Gasteiger partial charge in [0.15, 0.2) is 11.5 Å². The van der Waals surface area contributed by atoms with Crippen molar-refractivity contribution < 1.29 is 9.90 Å². The molecule has 0 spiro atoms. The van der Waals surface area contributed by atoms with Crippen molar-refractivity contribution in [3.8, 4) is 11.4 Å². The van der Waals surface area contributed by atoms with Crippen LogP contribution >= 0.6 is 0 Å². The summed E-state index contributed by atoms with van der Waals surface area (Å²) in [4.78, 5) is 11.2. The normalized spacial score (nSPS) is 10.9. The zero-order valence-electron chi connectivity index (χ0n) is 11.2. The Morgan fingerprint density at radius 2 is 1.95 bits per heavy atom. The fraction of sp³-hybridized carbons (Fsp3) is 0.133. The molecule has 1 N–H and O–H groups in total. The zero-order valence-corrected chi connectivity index (χ0v) is 11.2. The third-order valence-corrected chi connectivity index (χ3v) is 3.43. The van der Waals surface area contributed by atoms with Gasteiger partial charge < -0.3 is 5.11 Å². The number of carboxylic acids is 1. The molecule has 20 heavy (non-hydrogen) atoms. The van der Waals surface area contributed by atoms with Crippen LogP contribution in [0.5, 0.6) is 0 Å². The van der Waals surface area contributed by atoms with E-state index in [1.807, 2.05) is 32.0 Å². The maximum atomic E-state index is 11.2. The van der Waals surface area contributed by atoms with Gasteiger partial charge in [0.25, 0.3) is 0 Å². The Morgan fingerprint density at radius 1 is 1.15 bits per heavy atom. The van der Waals surface area contributed by atoms with E-state index in [-0.39, 0.29) is 5.56 Å². The van der Waals surface area contributed by atoms with E-state index in [0.717, 1.165) is 11.1 Å². The van der Waals surface area contributed by atoms with Crippen LogP contribution in [0.3, 0.4) is 0 Å². The first-order valence-electron chi connectivity index (χ1n) is 6.22. The second kappa shape index (κ2) is 4.45. The Morgan fingerprint density at radius 3 is 2.65 bits per heavy atom. The van der Waals surface area contributed by atoms with Crippen molar-refractivity contribution in [2.45, 2.75) is 13.8 Å². The van der Waals surface area contributed by atoms with Crippen molar-refractivity contribution in [2.24, 2.45) is 0 Å². The van der Waals surface area contributed by atoms with Crippen molar-refractivity contribution in [3.63, 3.8) is 0 Å². The van der Waals surface area contributed by atoms with Gasteiger partial charge in [-0.05, 0) is 43.2 Å². The average Bonchev–Trinajstić information content (AvgIpc) is 2.85. The maximum Gasteiger partial charge on any atom is 0.339 e. The quantitative estimate of drug-likeness (QED) is 0.775. The molecule has 0 amide bonds. The Balaban J connectivity index is 2.25. The maximum absolute atomic E-state index is 11.2. The molecular weight excluding hydrogens is 254 g/mol. The molecule has 0 saturated heterocycles. The van der Waals surface area contributed by atoms with Crippen LogP contribution < -0.4 is 0 Å². The molecule has 3 aromatic rings. The van der Waals surface area contributed by atoms with Crippen molar-refractivity contribution in [1.82, 2.24) is 14.6 Å². The second-order valence-corrected chi connectivity index (χ2v) is 4.74. The van der Waals surface area contributed by atoms with Gasteiger partial charge in [0.2, 0.25) is 0 Å². The molecule has 3 rings (SSSR count). The highest BCUT2D eigenvalue weighted by Gasteiger charge is 2.14. The molecule has 2 aromatic heterocycles. The standard InChI is InChI=1S/C15H13N3O2/c1-9-5-6-11(8-10(9)2)13-16-17-14-12(15(19)20)4-3-7-18(13)14/h3-8H,1-2H3,(H,19,20). The third-order valence-electron chi connectivity index (χ3n) is 3.43. The number of aryl methyl sites for hydroxylation is 2. The molecule has 0 unspecified atom stereocenters. The predicted molar refractivity (Wildman–Crippen MR) is 74.9 cm³/mol. The SMILES string of the molecule is Cc1ccc(-c2nnc3c(C(=O)O)cccn23)cc1C. The van der Waals surface area contributed by atoms with Gasteiger partial charge in [-0.1, -0.05) is 12.1 Å². The summed E-state index contributed by atoms with van der Waals surface area (Å²) in [5, 5.41) is 17.3. The summed E-state index contributed by atoms with van der Waals surface area (Å²) in [6.45, 7) is 4.08. The number of hydrogen-bond acceptors (Lipinski definition) is 3. The van der Waals surface area contributed by atoms with Gasteiger partial charge in [0.05, 0.1) is 0 Å². The molecule has 0 fully saturated rings. The molecule has 0 atom stereocenters. The minimum Gasteiger partial charge on any atom is -0.478 e. The Hall–Kier alpha value is -2.69. The van der Waals surface area contributed by atoms with Crippen molar-refractivity contribution >= 4 is 11.6 Å². The number of fused-ring (bicyclic) bond motifs is 1. The number of benzene rings is 1. The number of nitrogens with zero attached hydrogens (tertiary/aromatic N) is 3. The lowest BCUT2D eigenvalue weighted by atomic mass is 10.1. The van der Waals surface area contributed by atoms with Gasteiger partial charge >= 0.3 is 5.97 Å². The number of rotatable bonds is 2. The van der Waals surface area contributed by atoms with Crippen LogP contribution in [0.25, 0.3) is 17.0 Å². The fourth-order valence-corrected chi connectivity index (χ4v) is 2.16. The summed E-state index contributed by atoms with van der Waals surface area (Å²) in [6.07, 6.45) is 1.77. The van der Waals surface area contributed by atoms with Crippen molar-refractivity contribution in [1.29, 1.82) is 0 Å². The highest BCUT2D eigenvalue weighted by molar-refractivity contribution is 5.94. The minimum atomic E-state index is -1.00. The van der Waals surface area contributed by atoms with E-state index in [1.54, 1.807) is 16.7 Å². The van der Waals surface area contributed by atoms with Crippen molar-refractivity contribution in [2.75, 3.05) is 0 Å². The lowest BCUT2D eigenvalue weighted by Gasteiger charge is -2.04. The number of carbonyl (C=O) groups is 1. The van der Waals surface area contributed by atoms with Gasteiger partial charge in [-0.15, -0.1) is 10.2 Å². The topological polar surface area (TPSA) is 67.5 Å². The first-order valence-corrected chi connectivity index (χ1v) is 6.22. The average molecular weight is 267 g/mol. The third kappa shape index (κ3) is 1.84. The summed E-state index contributed by atoms with van der Waals surface area (Å²) in [7, 11) is 0. The lowest BCUT2D eigenvalue weighted by molar-refractivity contribution is 0.0698. The molecule has 5 nitrogen and oxygen atoms in total. The summed E-state index contributed by atoms with van der Waals surface area (Å²) in [5.41, 5.74) is 3.79. The molecule has 0 saturated carbocycles. The Bertz CT molecular complexity index is 821. The van der Waals surface area contributed by atoms with E-state index >= 15 is 0 Å². The number of aromatic nitrogens is 3. The summed E-state index contributed by atoms with van der Waals surface area (Å²) in [5.74, 6) is -0.360. The van der Waals surface area contributed by atoms with E-state index in [4.69, 9.17) is 5.11 Å². The van der Waals surface area contributed by atoms with Gasteiger partial charge in [0, 0.05) is 11.8 Å². The smallest absolute Gasteiger partial charge is 0.339 e. The van der Waals surface area contributed by atoms with Crippen LogP contribution in [0.1, 0.15) is 21.5 Å². The second-order valence-electron chi connectivity index (χ2n) is 4.74. The van der Waals surface area contributed by atoms with E-state index in [2.05, 4.69) is 10.2 Å². The molecule has 0 aliphatic carbocycles. The van der Waals surface area contributed by atoms with E-state index in [1.165, 1.54) is 11.6 Å². The summed E-state index contributed by atoms with van der Waals surface area (Å²) >= 11 is 0. The number of hydrogen-bond donors (Lipinski definition) is 1. The first kappa shape index (κ1) is 12.3. The molecule has 5 heteroatoms. The number of aromatic carboxylic acids is 1. The van der Waals surface area contributed by atoms with Crippen LogP contribution in [0.15, 0.2) is 36.5 Å². The highest BCUT2D eigenvalue weighted by Crippen LogP contribution is 2.22. The Kier molecular flexibility index (Phi) is 2.75. The molecule has 1 aromatic carbocycles. The minimum absolute atomic E-state index is 0.148. The molecule has 0 aliphatic rings. The monoisotopic (exact) mass is 267 g/mol. The van der Waals surface area contributed by atoms with Gasteiger partial charge in [-0.2, -0.15) is 0 Å². The molecule has 100 valence electrons.